The van der Waals surface area contributed by atoms with E-state index in [1.54, 1.807) is 11.6 Å². The van der Waals surface area contributed by atoms with Crippen molar-refractivity contribution in [2.24, 2.45) is 0 Å². The number of amides is 1. The highest BCUT2D eigenvalue weighted by Crippen LogP contribution is 2.21. The molecule has 1 amide bonds. The number of hydrogen-bond donors (Lipinski definition) is 2. The Morgan fingerprint density at radius 1 is 1.17 bits per heavy atom. The summed E-state index contributed by atoms with van der Waals surface area (Å²) in [5, 5.41) is 8.44. The number of carbonyl (C=O) groups is 1. The van der Waals surface area contributed by atoms with Crippen LogP contribution in [0.1, 0.15) is 21.7 Å². The summed E-state index contributed by atoms with van der Waals surface area (Å²) in [6, 6.07) is 13.6. The van der Waals surface area contributed by atoms with E-state index < -0.39 is 0 Å². The molecule has 23 heavy (non-hydrogen) atoms. The highest BCUT2D eigenvalue weighted by molar-refractivity contribution is 7.14. The lowest BCUT2D eigenvalue weighted by molar-refractivity contribution is 0.0946. The molecule has 0 unspecified atom stereocenters. The molecule has 0 saturated carbocycles. The predicted octanol–water partition coefficient (Wildman–Crippen LogP) is 3.52. The number of benzene rings is 1. The SMILES string of the molecule is Cc1ccc(Nc2nc(C(=O)NCc3ccccn3)cs2)cc1. The zero-order valence-electron chi connectivity index (χ0n) is 12.6. The molecule has 5 nitrogen and oxygen atoms in total. The molecular formula is C17H16N4OS. The third-order valence-corrected chi connectivity index (χ3v) is 3.95. The Morgan fingerprint density at radius 2 is 2.00 bits per heavy atom. The average molecular weight is 324 g/mol. The van der Waals surface area contributed by atoms with Gasteiger partial charge < -0.3 is 10.6 Å². The first kappa shape index (κ1) is 15.2. The summed E-state index contributed by atoms with van der Waals surface area (Å²) in [4.78, 5) is 20.6. The Kier molecular flexibility index (Phi) is 4.63. The lowest BCUT2D eigenvalue weighted by Gasteiger charge is -2.03. The third-order valence-electron chi connectivity index (χ3n) is 3.20. The number of aromatic nitrogens is 2. The summed E-state index contributed by atoms with van der Waals surface area (Å²) in [5.74, 6) is -0.205. The summed E-state index contributed by atoms with van der Waals surface area (Å²) in [7, 11) is 0. The summed E-state index contributed by atoms with van der Waals surface area (Å²) in [6.07, 6.45) is 1.70. The van der Waals surface area contributed by atoms with E-state index in [4.69, 9.17) is 0 Å². The van der Waals surface area contributed by atoms with Crippen molar-refractivity contribution in [3.63, 3.8) is 0 Å². The van der Waals surface area contributed by atoms with Gasteiger partial charge in [0.15, 0.2) is 5.13 Å². The van der Waals surface area contributed by atoms with E-state index in [1.165, 1.54) is 16.9 Å². The van der Waals surface area contributed by atoms with E-state index in [0.717, 1.165) is 11.4 Å². The molecule has 0 aliphatic carbocycles. The Labute approximate surface area is 138 Å². The molecule has 0 saturated heterocycles. The topological polar surface area (TPSA) is 66.9 Å². The molecule has 3 rings (SSSR count). The first-order valence-electron chi connectivity index (χ1n) is 7.18. The van der Waals surface area contributed by atoms with Gasteiger partial charge in [0.2, 0.25) is 0 Å². The van der Waals surface area contributed by atoms with Gasteiger partial charge in [-0.15, -0.1) is 11.3 Å². The molecule has 0 bridgehead atoms. The number of aryl methyl sites for hydroxylation is 1. The van der Waals surface area contributed by atoms with Gasteiger partial charge in [0.1, 0.15) is 5.69 Å². The minimum atomic E-state index is -0.205. The smallest absolute Gasteiger partial charge is 0.271 e. The van der Waals surface area contributed by atoms with Crippen LogP contribution in [0.25, 0.3) is 0 Å². The molecule has 2 heterocycles. The molecule has 2 aromatic heterocycles. The second-order valence-electron chi connectivity index (χ2n) is 5.03. The van der Waals surface area contributed by atoms with Crippen molar-refractivity contribution in [1.29, 1.82) is 0 Å². The molecule has 116 valence electrons. The molecule has 0 aliphatic heterocycles. The standard InChI is InChI=1S/C17H16N4OS/c1-12-5-7-13(8-6-12)20-17-21-15(11-23-17)16(22)19-10-14-4-2-3-9-18-14/h2-9,11H,10H2,1H3,(H,19,22)(H,20,21). The predicted molar refractivity (Wildman–Crippen MR) is 92.0 cm³/mol. The van der Waals surface area contributed by atoms with Crippen LogP contribution >= 0.6 is 11.3 Å². The molecule has 0 radical (unpaired) electrons. The molecule has 0 atom stereocenters. The van der Waals surface area contributed by atoms with Crippen LogP contribution < -0.4 is 10.6 Å². The normalized spacial score (nSPS) is 10.3. The molecule has 2 N–H and O–H groups in total. The van der Waals surface area contributed by atoms with Crippen LogP contribution in [0.15, 0.2) is 54.0 Å². The average Bonchev–Trinajstić information content (AvgIpc) is 3.04. The number of anilines is 2. The number of nitrogens with zero attached hydrogens (tertiary/aromatic N) is 2. The van der Waals surface area contributed by atoms with Crippen molar-refractivity contribution in [3.8, 4) is 0 Å². The number of rotatable bonds is 5. The van der Waals surface area contributed by atoms with Crippen LogP contribution in [0.5, 0.6) is 0 Å². The minimum Gasteiger partial charge on any atom is -0.345 e. The maximum Gasteiger partial charge on any atom is 0.271 e. The first-order chi connectivity index (χ1) is 11.2. The van der Waals surface area contributed by atoms with Crippen LogP contribution in [0.3, 0.4) is 0 Å². The van der Waals surface area contributed by atoms with E-state index in [2.05, 4.69) is 20.6 Å². The van der Waals surface area contributed by atoms with Gasteiger partial charge in [-0.1, -0.05) is 23.8 Å². The van der Waals surface area contributed by atoms with Crippen molar-refractivity contribution >= 4 is 28.1 Å². The number of pyridine rings is 1. The Hall–Kier alpha value is -2.73. The van der Waals surface area contributed by atoms with Crippen LogP contribution in [-0.2, 0) is 6.54 Å². The van der Waals surface area contributed by atoms with Gasteiger partial charge in [-0.05, 0) is 31.2 Å². The van der Waals surface area contributed by atoms with Gasteiger partial charge in [0.25, 0.3) is 5.91 Å². The number of thiazole rings is 1. The van der Waals surface area contributed by atoms with Gasteiger partial charge in [-0.3, -0.25) is 9.78 Å². The molecule has 0 fully saturated rings. The van der Waals surface area contributed by atoms with E-state index in [0.29, 0.717) is 17.4 Å². The number of carbonyl (C=O) groups excluding carboxylic acids is 1. The fraction of sp³-hybridized carbons (Fsp3) is 0.118. The number of hydrogen-bond acceptors (Lipinski definition) is 5. The van der Waals surface area contributed by atoms with E-state index >= 15 is 0 Å². The van der Waals surface area contributed by atoms with E-state index in [-0.39, 0.29) is 5.91 Å². The third kappa shape index (κ3) is 4.14. The zero-order valence-corrected chi connectivity index (χ0v) is 13.4. The highest BCUT2D eigenvalue weighted by atomic mass is 32.1. The van der Waals surface area contributed by atoms with Crippen molar-refractivity contribution in [2.45, 2.75) is 13.5 Å². The maximum atomic E-state index is 12.1. The van der Waals surface area contributed by atoms with Gasteiger partial charge >= 0.3 is 0 Å². The lowest BCUT2D eigenvalue weighted by atomic mass is 10.2. The van der Waals surface area contributed by atoms with E-state index in [9.17, 15) is 4.79 Å². The fourth-order valence-corrected chi connectivity index (χ4v) is 2.67. The molecule has 6 heteroatoms. The molecule has 0 aliphatic rings. The summed E-state index contributed by atoms with van der Waals surface area (Å²) < 4.78 is 0. The van der Waals surface area contributed by atoms with Crippen molar-refractivity contribution in [2.75, 3.05) is 5.32 Å². The maximum absolute atomic E-state index is 12.1. The molecular weight excluding hydrogens is 308 g/mol. The van der Waals surface area contributed by atoms with Crippen molar-refractivity contribution < 1.29 is 4.79 Å². The van der Waals surface area contributed by atoms with Gasteiger partial charge in [0.05, 0.1) is 12.2 Å². The summed E-state index contributed by atoms with van der Waals surface area (Å²) in [5.41, 5.74) is 3.37. The molecule has 1 aromatic carbocycles. The Morgan fingerprint density at radius 3 is 2.74 bits per heavy atom. The number of nitrogens with one attached hydrogen (secondary N) is 2. The van der Waals surface area contributed by atoms with Crippen molar-refractivity contribution in [3.05, 3.63) is 71.0 Å². The molecule has 3 aromatic rings. The fourth-order valence-electron chi connectivity index (χ4n) is 1.96. The van der Waals surface area contributed by atoms with Crippen LogP contribution in [0.4, 0.5) is 10.8 Å². The van der Waals surface area contributed by atoms with Gasteiger partial charge in [0, 0.05) is 17.3 Å². The van der Waals surface area contributed by atoms with Gasteiger partial charge in [-0.25, -0.2) is 4.98 Å². The lowest BCUT2D eigenvalue weighted by Crippen LogP contribution is -2.23. The summed E-state index contributed by atoms with van der Waals surface area (Å²) in [6.45, 7) is 2.43. The van der Waals surface area contributed by atoms with Crippen LogP contribution in [-0.4, -0.2) is 15.9 Å². The Bertz CT molecular complexity index is 784. The van der Waals surface area contributed by atoms with Crippen LogP contribution in [0, 0.1) is 6.92 Å². The molecule has 0 spiro atoms. The second kappa shape index (κ2) is 7.02. The minimum absolute atomic E-state index is 0.205. The van der Waals surface area contributed by atoms with Crippen molar-refractivity contribution in [1.82, 2.24) is 15.3 Å². The quantitative estimate of drug-likeness (QED) is 0.753. The largest absolute Gasteiger partial charge is 0.345 e. The highest BCUT2D eigenvalue weighted by Gasteiger charge is 2.10. The second-order valence-corrected chi connectivity index (χ2v) is 5.89. The first-order valence-corrected chi connectivity index (χ1v) is 8.06. The monoisotopic (exact) mass is 324 g/mol. The zero-order chi connectivity index (χ0) is 16.1. The summed E-state index contributed by atoms with van der Waals surface area (Å²) >= 11 is 1.40. The van der Waals surface area contributed by atoms with Crippen LogP contribution in [0.2, 0.25) is 0 Å². The van der Waals surface area contributed by atoms with E-state index in [1.807, 2.05) is 49.4 Å². The van der Waals surface area contributed by atoms with Gasteiger partial charge in [-0.2, -0.15) is 0 Å². The Balaban J connectivity index is 1.59.